The van der Waals surface area contributed by atoms with Crippen molar-refractivity contribution in [3.05, 3.63) is 101 Å². The van der Waals surface area contributed by atoms with Gasteiger partial charge in [-0.15, -0.1) is 0 Å². The number of fused-ring (bicyclic) bond motifs is 1. The van der Waals surface area contributed by atoms with Crippen LogP contribution in [0.15, 0.2) is 67.0 Å². The van der Waals surface area contributed by atoms with Crippen LogP contribution in [0.1, 0.15) is 46.0 Å². The molecule has 1 atom stereocenters. The highest BCUT2D eigenvalue weighted by atomic mass is 15.3. The summed E-state index contributed by atoms with van der Waals surface area (Å²) in [4.78, 5) is 0. The van der Waals surface area contributed by atoms with E-state index >= 15 is 0 Å². The fraction of sp³-hybridized carbons (Fsp3) is 0.200. The molecule has 4 nitrogen and oxygen atoms in total. The topological polar surface area (TPSA) is 35.6 Å². The van der Waals surface area contributed by atoms with Crippen molar-refractivity contribution in [2.24, 2.45) is 7.05 Å². The summed E-state index contributed by atoms with van der Waals surface area (Å²) in [5.74, 6) is 6.91. The van der Waals surface area contributed by atoms with E-state index in [1.807, 2.05) is 41.7 Å². The molecule has 0 saturated heterocycles. The molecule has 5 rings (SSSR count). The van der Waals surface area contributed by atoms with Crippen LogP contribution in [0.2, 0.25) is 0 Å². The van der Waals surface area contributed by atoms with Crippen LogP contribution in [0.5, 0.6) is 0 Å². The smallest absolute Gasteiger partial charge is 0.114 e. The van der Waals surface area contributed by atoms with E-state index < -0.39 is 0 Å². The van der Waals surface area contributed by atoms with E-state index in [9.17, 15) is 0 Å². The summed E-state index contributed by atoms with van der Waals surface area (Å²) in [6.45, 7) is 2.03. The molecule has 1 unspecified atom stereocenters. The van der Waals surface area contributed by atoms with Crippen molar-refractivity contribution in [3.8, 4) is 17.5 Å². The van der Waals surface area contributed by atoms with Crippen LogP contribution in [0.3, 0.4) is 0 Å². The molecule has 0 aliphatic heterocycles. The third kappa shape index (κ3) is 3.25. The van der Waals surface area contributed by atoms with Gasteiger partial charge in [-0.25, -0.2) is 4.68 Å². The first-order valence-electron chi connectivity index (χ1n) is 9.93. The van der Waals surface area contributed by atoms with Gasteiger partial charge in [-0.1, -0.05) is 42.3 Å². The summed E-state index contributed by atoms with van der Waals surface area (Å²) < 4.78 is 3.81. The van der Waals surface area contributed by atoms with Gasteiger partial charge < -0.3 is 0 Å². The molecule has 0 amide bonds. The van der Waals surface area contributed by atoms with E-state index in [4.69, 9.17) is 5.10 Å². The lowest BCUT2D eigenvalue weighted by Crippen LogP contribution is -2.01. The molecule has 0 radical (unpaired) electrons. The number of nitrogens with zero attached hydrogens (tertiary/aromatic N) is 4. The minimum atomic E-state index is 0.392. The molecule has 4 aromatic rings. The first kappa shape index (κ1) is 17.5. The molecule has 2 aromatic heterocycles. The van der Waals surface area contributed by atoms with E-state index in [2.05, 4.69) is 65.6 Å². The highest BCUT2D eigenvalue weighted by molar-refractivity contribution is 5.48. The monoisotopic (exact) mass is 378 g/mol. The van der Waals surface area contributed by atoms with Crippen LogP contribution >= 0.6 is 0 Å². The zero-order valence-electron chi connectivity index (χ0n) is 16.6. The highest BCUT2D eigenvalue weighted by Gasteiger charge is 2.27. The normalized spacial score (nSPS) is 15.0. The number of aryl methyl sites for hydroxylation is 3. The van der Waals surface area contributed by atoms with Crippen molar-refractivity contribution in [2.75, 3.05) is 0 Å². The minimum absolute atomic E-state index is 0.392. The second kappa shape index (κ2) is 7.10. The fourth-order valence-corrected chi connectivity index (χ4v) is 4.07. The molecule has 1 aliphatic carbocycles. The van der Waals surface area contributed by atoms with E-state index in [0.29, 0.717) is 5.92 Å². The van der Waals surface area contributed by atoms with E-state index in [1.165, 1.54) is 16.8 Å². The molecule has 142 valence electrons. The second-order valence-electron chi connectivity index (χ2n) is 7.59. The zero-order chi connectivity index (χ0) is 19.8. The lowest BCUT2D eigenvalue weighted by molar-refractivity contribution is 0.726. The van der Waals surface area contributed by atoms with Crippen LogP contribution in [0.25, 0.3) is 5.69 Å². The first-order chi connectivity index (χ1) is 14.2. The largest absolute Gasteiger partial charge is 0.260 e. The van der Waals surface area contributed by atoms with Gasteiger partial charge in [-0.05, 0) is 55.0 Å². The number of benzene rings is 2. The van der Waals surface area contributed by atoms with Crippen LogP contribution in [-0.4, -0.2) is 19.6 Å². The molecule has 0 fully saturated rings. The first-order valence-corrected chi connectivity index (χ1v) is 9.93. The van der Waals surface area contributed by atoms with Gasteiger partial charge in [0.1, 0.15) is 5.69 Å². The lowest BCUT2D eigenvalue weighted by Gasteiger charge is -2.10. The van der Waals surface area contributed by atoms with Crippen molar-refractivity contribution >= 4 is 0 Å². The molecule has 4 heteroatoms. The Morgan fingerprint density at radius 3 is 2.69 bits per heavy atom. The van der Waals surface area contributed by atoms with Crippen molar-refractivity contribution in [2.45, 2.75) is 25.7 Å². The van der Waals surface area contributed by atoms with Gasteiger partial charge >= 0.3 is 0 Å². The van der Waals surface area contributed by atoms with Crippen molar-refractivity contribution < 1.29 is 0 Å². The van der Waals surface area contributed by atoms with Gasteiger partial charge in [0.05, 0.1) is 17.6 Å². The molecule has 0 N–H and O–H groups in total. The average Bonchev–Trinajstić information content (AvgIpc) is 3.42. The maximum atomic E-state index is 4.95. The van der Waals surface area contributed by atoms with E-state index in [-0.39, 0.29) is 0 Å². The molecule has 0 saturated carbocycles. The van der Waals surface area contributed by atoms with Crippen molar-refractivity contribution in [1.82, 2.24) is 19.6 Å². The molecule has 1 aliphatic rings. The SMILES string of the molecule is Cc1cnn(C)c1C#Cc1cccc(-n2cc3c(n2)C(c2ccccc2)CC3)c1. The summed E-state index contributed by atoms with van der Waals surface area (Å²) in [7, 11) is 1.92. The summed E-state index contributed by atoms with van der Waals surface area (Å²) in [5.41, 5.74) is 7.95. The van der Waals surface area contributed by atoms with Gasteiger partial charge in [-0.2, -0.15) is 10.2 Å². The number of hydrogen-bond donors (Lipinski definition) is 0. The Morgan fingerprint density at radius 2 is 1.90 bits per heavy atom. The maximum Gasteiger partial charge on any atom is 0.114 e. The standard InChI is InChI=1S/C25H22N4/c1-18-16-26-28(2)24(18)14-11-19-7-6-10-22(15-19)29-17-21-12-13-23(25(21)27-29)20-8-4-3-5-9-20/h3-10,15-17,23H,12-13H2,1-2H3. The Bertz CT molecular complexity index is 1220. The molecule has 0 spiro atoms. The number of aromatic nitrogens is 4. The zero-order valence-corrected chi connectivity index (χ0v) is 16.6. The second-order valence-corrected chi connectivity index (χ2v) is 7.59. The third-order valence-corrected chi connectivity index (χ3v) is 5.61. The molecule has 2 heterocycles. The average molecular weight is 378 g/mol. The van der Waals surface area contributed by atoms with Crippen LogP contribution in [0.4, 0.5) is 0 Å². The fourth-order valence-electron chi connectivity index (χ4n) is 4.07. The van der Waals surface area contributed by atoms with E-state index in [0.717, 1.165) is 35.3 Å². The molecular weight excluding hydrogens is 356 g/mol. The molecule has 29 heavy (non-hydrogen) atoms. The third-order valence-electron chi connectivity index (χ3n) is 5.61. The summed E-state index contributed by atoms with van der Waals surface area (Å²) in [6, 6.07) is 18.9. The minimum Gasteiger partial charge on any atom is -0.260 e. The van der Waals surface area contributed by atoms with Crippen molar-refractivity contribution in [1.29, 1.82) is 0 Å². The van der Waals surface area contributed by atoms with Crippen LogP contribution in [-0.2, 0) is 13.5 Å². The summed E-state index contributed by atoms with van der Waals surface area (Å²) in [6.07, 6.45) is 6.23. The van der Waals surface area contributed by atoms with Crippen molar-refractivity contribution in [3.63, 3.8) is 0 Å². The predicted molar refractivity (Wildman–Crippen MR) is 114 cm³/mol. The van der Waals surface area contributed by atoms with Gasteiger partial charge in [0.15, 0.2) is 0 Å². The van der Waals surface area contributed by atoms with Gasteiger partial charge in [-0.3, -0.25) is 4.68 Å². The van der Waals surface area contributed by atoms with Crippen LogP contribution < -0.4 is 0 Å². The van der Waals surface area contributed by atoms with Gasteiger partial charge in [0, 0.05) is 30.3 Å². The molecule has 2 aromatic carbocycles. The predicted octanol–water partition coefficient (Wildman–Crippen LogP) is 4.39. The number of hydrogen-bond acceptors (Lipinski definition) is 2. The highest BCUT2D eigenvalue weighted by Crippen LogP contribution is 2.37. The quantitative estimate of drug-likeness (QED) is 0.485. The Hall–Kier alpha value is -3.58. The molecular formula is C25H22N4. The summed E-state index contributed by atoms with van der Waals surface area (Å²) >= 11 is 0. The van der Waals surface area contributed by atoms with Crippen LogP contribution in [0, 0.1) is 18.8 Å². The maximum absolute atomic E-state index is 4.95. The summed E-state index contributed by atoms with van der Waals surface area (Å²) in [5, 5.41) is 9.21. The Morgan fingerprint density at radius 1 is 1.03 bits per heavy atom. The lowest BCUT2D eigenvalue weighted by atomic mass is 9.97. The Labute approximate surface area is 170 Å². The molecule has 0 bridgehead atoms. The van der Waals surface area contributed by atoms with E-state index in [1.54, 1.807) is 0 Å². The Balaban J connectivity index is 1.46. The Kier molecular flexibility index (Phi) is 4.29. The number of rotatable bonds is 2. The van der Waals surface area contributed by atoms with Gasteiger partial charge in [0.2, 0.25) is 0 Å². The van der Waals surface area contributed by atoms with Gasteiger partial charge in [0.25, 0.3) is 0 Å².